The highest BCUT2D eigenvalue weighted by molar-refractivity contribution is 5.76. The average molecular weight is 370 g/mol. The predicted molar refractivity (Wildman–Crippen MR) is 102 cm³/mol. The second-order valence-electron chi connectivity index (χ2n) is 6.24. The summed E-state index contributed by atoms with van der Waals surface area (Å²) in [6.45, 7) is 4.89. The van der Waals surface area contributed by atoms with Crippen LogP contribution in [0.4, 0.5) is 0 Å². The van der Waals surface area contributed by atoms with Crippen LogP contribution >= 0.6 is 0 Å². The standard InChI is InChI=1S/C20H26N4O3/c1-14-18(15(2)24(23-14)11-5-10-21)8-9-20(25)22-13-16-6-7-17(26-3)12-19(16)27-4/h6-7,12H,5,8-9,11,13H2,1-4H3,(H,22,25). The first-order chi connectivity index (χ1) is 13.0. The summed E-state index contributed by atoms with van der Waals surface area (Å²) in [6.07, 6.45) is 1.42. The number of methoxy groups -OCH3 is 2. The molecule has 1 aromatic heterocycles. The molecule has 7 nitrogen and oxygen atoms in total. The second-order valence-corrected chi connectivity index (χ2v) is 6.24. The van der Waals surface area contributed by atoms with E-state index in [-0.39, 0.29) is 5.91 Å². The van der Waals surface area contributed by atoms with Crippen LogP contribution < -0.4 is 14.8 Å². The minimum absolute atomic E-state index is 0.0311. The highest BCUT2D eigenvalue weighted by Crippen LogP contribution is 2.24. The smallest absolute Gasteiger partial charge is 0.220 e. The Morgan fingerprint density at radius 3 is 2.74 bits per heavy atom. The molecule has 27 heavy (non-hydrogen) atoms. The Labute approximate surface area is 159 Å². The molecule has 0 aliphatic heterocycles. The van der Waals surface area contributed by atoms with Crippen LogP contribution in [0.5, 0.6) is 11.5 Å². The van der Waals surface area contributed by atoms with Gasteiger partial charge in [0.05, 0.1) is 38.9 Å². The highest BCUT2D eigenvalue weighted by Gasteiger charge is 2.13. The van der Waals surface area contributed by atoms with Gasteiger partial charge in [-0.2, -0.15) is 10.4 Å². The number of carbonyl (C=O) groups excluding carboxylic acids is 1. The number of aromatic nitrogens is 2. The van der Waals surface area contributed by atoms with Gasteiger partial charge >= 0.3 is 0 Å². The van der Waals surface area contributed by atoms with Crippen molar-refractivity contribution in [2.24, 2.45) is 0 Å². The molecule has 2 aromatic rings. The van der Waals surface area contributed by atoms with Gasteiger partial charge in [0.15, 0.2) is 0 Å². The zero-order chi connectivity index (χ0) is 19.8. The molecular formula is C20H26N4O3. The van der Waals surface area contributed by atoms with E-state index in [1.807, 2.05) is 30.7 Å². The molecule has 0 fully saturated rings. The van der Waals surface area contributed by atoms with Gasteiger partial charge in [-0.05, 0) is 38.0 Å². The first-order valence-electron chi connectivity index (χ1n) is 8.87. The Balaban J connectivity index is 1.92. The van der Waals surface area contributed by atoms with Gasteiger partial charge in [-0.25, -0.2) is 0 Å². The van der Waals surface area contributed by atoms with E-state index in [9.17, 15) is 4.79 Å². The summed E-state index contributed by atoms with van der Waals surface area (Å²) in [5, 5.41) is 16.1. The van der Waals surface area contributed by atoms with Gasteiger partial charge in [-0.15, -0.1) is 0 Å². The Bertz CT molecular complexity index is 836. The molecule has 0 saturated carbocycles. The van der Waals surface area contributed by atoms with Crippen molar-refractivity contribution in [1.82, 2.24) is 15.1 Å². The van der Waals surface area contributed by atoms with Crippen molar-refractivity contribution in [2.75, 3.05) is 14.2 Å². The molecule has 0 aliphatic carbocycles. The lowest BCUT2D eigenvalue weighted by molar-refractivity contribution is -0.121. The minimum atomic E-state index is -0.0311. The van der Waals surface area contributed by atoms with Crippen LogP contribution in [0.1, 0.15) is 35.4 Å². The zero-order valence-electron chi connectivity index (χ0n) is 16.3. The maximum Gasteiger partial charge on any atom is 0.220 e. The number of amides is 1. The first-order valence-corrected chi connectivity index (χ1v) is 8.87. The monoisotopic (exact) mass is 370 g/mol. The molecule has 1 amide bonds. The molecule has 7 heteroatoms. The van der Waals surface area contributed by atoms with Gasteiger partial charge in [0.1, 0.15) is 11.5 Å². The number of benzene rings is 1. The minimum Gasteiger partial charge on any atom is -0.497 e. The largest absolute Gasteiger partial charge is 0.497 e. The van der Waals surface area contributed by atoms with Crippen molar-refractivity contribution in [3.05, 3.63) is 40.7 Å². The maximum absolute atomic E-state index is 12.3. The Kier molecular flexibility index (Phi) is 7.24. The third-order valence-electron chi connectivity index (χ3n) is 4.54. The number of ether oxygens (including phenoxy) is 2. The first kappa shape index (κ1) is 20.3. The zero-order valence-corrected chi connectivity index (χ0v) is 16.3. The molecule has 2 rings (SSSR count). The van der Waals surface area contributed by atoms with Gasteiger partial charge in [0.25, 0.3) is 0 Å². The lowest BCUT2D eigenvalue weighted by Gasteiger charge is -2.11. The van der Waals surface area contributed by atoms with Crippen LogP contribution in [-0.4, -0.2) is 29.9 Å². The summed E-state index contributed by atoms with van der Waals surface area (Å²) >= 11 is 0. The number of rotatable bonds is 9. The number of nitrogens with zero attached hydrogens (tertiary/aromatic N) is 3. The van der Waals surface area contributed by atoms with Gasteiger partial charge in [0.2, 0.25) is 5.91 Å². The average Bonchev–Trinajstić information content (AvgIpc) is 2.95. The molecule has 1 aromatic carbocycles. The van der Waals surface area contributed by atoms with E-state index in [1.165, 1.54) is 0 Å². The van der Waals surface area contributed by atoms with Crippen molar-refractivity contribution < 1.29 is 14.3 Å². The summed E-state index contributed by atoms with van der Waals surface area (Å²) in [7, 11) is 3.19. The molecule has 1 N–H and O–H groups in total. The van der Waals surface area contributed by atoms with Crippen molar-refractivity contribution in [3.63, 3.8) is 0 Å². The molecule has 0 saturated heterocycles. The molecule has 0 bridgehead atoms. The van der Waals surface area contributed by atoms with E-state index in [2.05, 4.69) is 16.5 Å². The summed E-state index contributed by atoms with van der Waals surface area (Å²) < 4.78 is 12.4. The fraction of sp³-hybridized carbons (Fsp3) is 0.450. The van der Waals surface area contributed by atoms with E-state index in [4.69, 9.17) is 14.7 Å². The topological polar surface area (TPSA) is 89.2 Å². The number of aryl methyl sites for hydroxylation is 2. The number of nitrogens with one attached hydrogen (secondary N) is 1. The maximum atomic E-state index is 12.3. The fourth-order valence-corrected chi connectivity index (χ4v) is 2.99. The lowest BCUT2D eigenvalue weighted by Crippen LogP contribution is -2.23. The summed E-state index contributed by atoms with van der Waals surface area (Å²) in [4.78, 5) is 12.3. The van der Waals surface area contributed by atoms with Crippen molar-refractivity contribution in [2.45, 2.75) is 46.2 Å². The van der Waals surface area contributed by atoms with Crippen molar-refractivity contribution >= 4 is 5.91 Å². The van der Waals surface area contributed by atoms with E-state index >= 15 is 0 Å². The van der Waals surface area contributed by atoms with Crippen LogP contribution in [0, 0.1) is 25.2 Å². The van der Waals surface area contributed by atoms with E-state index in [1.54, 1.807) is 20.3 Å². The molecule has 0 aliphatic rings. The Morgan fingerprint density at radius 2 is 2.07 bits per heavy atom. The highest BCUT2D eigenvalue weighted by atomic mass is 16.5. The number of carbonyl (C=O) groups is 1. The van der Waals surface area contributed by atoms with Crippen LogP contribution in [-0.2, 0) is 24.3 Å². The van der Waals surface area contributed by atoms with Crippen LogP contribution in [0.15, 0.2) is 18.2 Å². The van der Waals surface area contributed by atoms with Crippen molar-refractivity contribution in [3.8, 4) is 17.6 Å². The molecule has 0 spiro atoms. The normalized spacial score (nSPS) is 10.3. The van der Waals surface area contributed by atoms with Gasteiger partial charge < -0.3 is 14.8 Å². The number of hydrogen-bond acceptors (Lipinski definition) is 5. The quantitative estimate of drug-likeness (QED) is 0.733. The van der Waals surface area contributed by atoms with Crippen LogP contribution in [0.3, 0.4) is 0 Å². The Morgan fingerprint density at radius 1 is 1.30 bits per heavy atom. The third kappa shape index (κ3) is 5.23. The van der Waals surface area contributed by atoms with Crippen LogP contribution in [0.25, 0.3) is 0 Å². The summed E-state index contributed by atoms with van der Waals surface area (Å²) in [6, 6.07) is 7.64. The van der Waals surface area contributed by atoms with Gasteiger partial charge in [-0.3, -0.25) is 9.48 Å². The van der Waals surface area contributed by atoms with E-state index in [0.29, 0.717) is 43.9 Å². The Hall–Kier alpha value is -3.01. The SMILES string of the molecule is COc1ccc(CNC(=O)CCc2c(C)nn(CCC#N)c2C)c(OC)c1. The molecular weight excluding hydrogens is 344 g/mol. The lowest BCUT2D eigenvalue weighted by atomic mass is 10.1. The molecule has 1 heterocycles. The molecule has 0 atom stereocenters. The van der Waals surface area contributed by atoms with E-state index in [0.717, 1.165) is 22.5 Å². The van der Waals surface area contributed by atoms with Gasteiger partial charge in [-0.1, -0.05) is 0 Å². The third-order valence-corrected chi connectivity index (χ3v) is 4.54. The van der Waals surface area contributed by atoms with Gasteiger partial charge in [0, 0.05) is 30.3 Å². The number of nitriles is 1. The van der Waals surface area contributed by atoms with E-state index < -0.39 is 0 Å². The van der Waals surface area contributed by atoms with Crippen molar-refractivity contribution in [1.29, 1.82) is 5.26 Å². The second kappa shape index (κ2) is 9.62. The summed E-state index contributed by atoms with van der Waals surface area (Å²) in [5.41, 5.74) is 3.90. The number of hydrogen-bond donors (Lipinski definition) is 1. The molecule has 0 radical (unpaired) electrons. The van der Waals surface area contributed by atoms with Crippen LogP contribution in [0.2, 0.25) is 0 Å². The summed E-state index contributed by atoms with van der Waals surface area (Å²) in [5.74, 6) is 1.36. The molecule has 144 valence electrons. The fourth-order valence-electron chi connectivity index (χ4n) is 2.99. The predicted octanol–water partition coefficient (Wildman–Crippen LogP) is 2.68. The molecule has 0 unspecified atom stereocenters.